The Kier molecular flexibility index (Phi) is 8.02. The molecule has 1 saturated heterocycles. The summed E-state index contributed by atoms with van der Waals surface area (Å²) < 4.78 is 0. The molecule has 0 radical (unpaired) electrons. The topological polar surface area (TPSA) is 81.8 Å². The van der Waals surface area contributed by atoms with E-state index in [-0.39, 0.29) is 17.1 Å². The van der Waals surface area contributed by atoms with Crippen LogP contribution in [0.2, 0.25) is 20.1 Å². The quantitative estimate of drug-likeness (QED) is 0.350. The van der Waals surface area contributed by atoms with E-state index in [0.717, 1.165) is 0 Å². The van der Waals surface area contributed by atoms with Crippen molar-refractivity contribution in [1.29, 1.82) is 0 Å². The van der Waals surface area contributed by atoms with Gasteiger partial charge in [0.25, 0.3) is 11.8 Å². The Morgan fingerprint density at radius 2 is 1.39 bits per heavy atom. The summed E-state index contributed by atoms with van der Waals surface area (Å²) in [6, 6.07) is 16.0. The third kappa shape index (κ3) is 5.91. The van der Waals surface area contributed by atoms with Crippen molar-refractivity contribution in [3.8, 4) is 0 Å². The maximum atomic E-state index is 13.4. The fourth-order valence-electron chi connectivity index (χ4n) is 3.52. The number of nitrogens with one attached hydrogen (secondary N) is 2. The number of anilines is 2. The van der Waals surface area contributed by atoms with Gasteiger partial charge in [0.05, 0.1) is 12.1 Å². The molecule has 0 aromatic heterocycles. The molecule has 7 nitrogen and oxygen atoms in total. The molecule has 3 aromatic carbocycles. The summed E-state index contributed by atoms with van der Waals surface area (Å²) in [5.41, 5.74) is 3.72. The molecule has 1 atom stereocenters. The predicted octanol–water partition coefficient (Wildman–Crippen LogP) is 5.98. The first-order chi connectivity index (χ1) is 17.1. The summed E-state index contributed by atoms with van der Waals surface area (Å²) in [5.74, 6) is -1.55. The predicted molar refractivity (Wildman–Crippen MR) is 146 cm³/mol. The van der Waals surface area contributed by atoms with E-state index in [4.69, 9.17) is 58.6 Å². The molecule has 0 aliphatic carbocycles. The molecule has 1 aliphatic heterocycles. The van der Waals surface area contributed by atoms with Crippen LogP contribution in [-0.4, -0.2) is 33.9 Å². The third-order valence-corrected chi connectivity index (χ3v) is 6.47. The monoisotopic (exact) mass is 580 g/mol. The van der Waals surface area contributed by atoms with E-state index < -0.39 is 23.8 Å². The molecule has 12 heteroatoms. The van der Waals surface area contributed by atoms with Gasteiger partial charge in [0.2, 0.25) is 11.0 Å². The maximum absolute atomic E-state index is 13.4. The molecule has 184 valence electrons. The number of halogens is 4. The smallest absolute Gasteiger partial charge is 0.269 e. The zero-order chi connectivity index (χ0) is 26.0. The molecular formula is C24H16Cl4N4O3S. The molecule has 4 rings (SSSR count). The van der Waals surface area contributed by atoms with Crippen molar-refractivity contribution in [2.45, 2.75) is 12.5 Å². The van der Waals surface area contributed by atoms with Gasteiger partial charge >= 0.3 is 0 Å². The molecule has 1 heterocycles. The van der Waals surface area contributed by atoms with Gasteiger partial charge in [-0.3, -0.25) is 24.7 Å². The molecule has 0 bridgehead atoms. The second kappa shape index (κ2) is 11.0. The highest BCUT2D eigenvalue weighted by Crippen LogP contribution is 2.28. The van der Waals surface area contributed by atoms with E-state index in [1.165, 1.54) is 40.2 Å². The lowest BCUT2D eigenvalue weighted by molar-refractivity contribution is -0.124. The number of benzene rings is 3. The van der Waals surface area contributed by atoms with Crippen molar-refractivity contribution >= 4 is 92.8 Å². The molecule has 0 spiro atoms. The summed E-state index contributed by atoms with van der Waals surface area (Å²) >= 11 is 29.4. The highest BCUT2D eigenvalue weighted by molar-refractivity contribution is 7.80. The summed E-state index contributed by atoms with van der Waals surface area (Å²) in [4.78, 5) is 40.5. The van der Waals surface area contributed by atoms with Crippen LogP contribution >= 0.6 is 58.6 Å². The van der Waals surface area contributed by atoms with Gasteiger partial charge in [-0.05, 0) is 78.9 Å². The number of amides is 3. The normalized spacial score (nSPS) is 15.3. The Morgan fingerprint density at radius 3 is 1.97 bits per heavy atom. The van der Waals surface area contributed by atoms with E-state index in [1.54, 1.807) is 36.4 Å². The minimum Gasteiger partial charge on any atom is -0.326 e. The van der Waals surface area contributed by atoms with Crippen LogP contribution in [0.1, 0.15) is 16.8 Å². The lowest BCUT2D eigenvalue weighted by Gasteiger charge is -2.24. The van der Waals surface area contributed by atoms with Crippen LogP contribution in [0.3, 0.4) is 0 Å². The van der Waals surface area contributed by atoms with Gasteiger partial charge < -0.3 is 5.32 Å². The lowest BCUT2D eigenvalue weighted by Crippen LogP contribution is -2.49. The first kappa shape index (κ1) is 26.2. The van der Waals surface area contributed by atoms with Crippen LogP contribution in [-0.2, 0) is 9.59 Å². The van der Waals surface area contributed by atoms with Crippen molar-refractivity contribution in [2.24, 2.45) is 0 Å². The van der Waals surface area contributed by atoms with Gasteiger partial charge in [-0.2, -0.15) is 0 Å². The fourth-order valence-corrected chi connectivity index (χ4v) is 4.66. The second-order valence-corrected chi connectivity index (χ2v) is 9.79. The number of carbonyl (C=O) groups excluding carboxylic acids is 3. The number of hydrogen-bond acceptors (Lipinski definition) is 4. The molecule has 1 unspecified atom stereocenters. The zero-order valence-corrected chi connectivity index (χ0v) is 22.0. The first-order valence-electron chi connectivity index (χ1n) is 10.4. The van der Waals surface area contributed by atoms with Gasteiger partial charge in [-0.15, -0.1) is 0 Å². The van der Waals surface area contributed by atoms with Gasteiger partial charge in [0.15, 0.2) is 0 Å². The first-order valence-corrected chi connectivity index (χ1v) is 12.3. The molecule has 36 heavy (non-hydrogen) atoms. The van der Waals surface area contributed by atoms with Crippen LogP contribution in [0, 0.1) is 0 Å². The summed E-state index contributed by atoms with van der Waals surface area (Å²) in [5, 5.41) is 5.47. The highest BCUT2D eigenvalue weighted by Gasteiger charge is 2.45. The van der Waals surface area contributed by atoms with Crippen molar-refractivity contribution in [3.63, 3.8) is 0 Å². The van der Waals surface area contributed by atoms with Crippen LogP contribution < -0.4 is 15.6 Å². The van der Waals surface area contributed by atoms with Crippen LogP contribution in [0.4, 0.5) is 11.4 Å². The van der Waals surface area contributed by atoms with Gasteiger partial charge in [-0.1, -0.05) is 46.4 Å². The largest absolute Gasteiger partial charge is 0.326 e. The summed E-state index contributed by atoms with van der Waals surface area (Å²) in [6.07, 6.45) is -0.325. The van der Waals surface area contributed by atoms with Gasteiger partial charge in [0, 0.05) is 31.3 Å². The second-order valence-electron chi connectivity index (χ2n) is 7.68. The fraction of sp³-hybridized carbons (Fsp3) is 0.0833. The van der Waals surface area contributed by atoms with E-state index in [2.05, 4.69) is 10.7 Å². The number of carbonyl (C=O) groups is 3. The van der Waals surface area contributed by atoms with Crippen molar-refractivity contribution in [1.82, 2.24) is 10.4 Å². The Hall–Kier alpha value is -2.88. The molecular weight excluding hydrogens is 566 g/mol. The Labute approximate surface area is 231 Å². The van der Waals surface area contributed by atoms with Crippen LogP contribution in [0.15, 0.2) is 66.7 Å². The SMILES string of the molecule is O=C(CC1C(=O)N(c2ccc(Cl)cc2)C(=S)N1NC(=O)c1ccc(Cl)cc1)Nc1cc(Cl)cc(Cl)c1. The summed E-state index contributed by atoms with van der Waals surface area (Å²) in [6.45, 7) is 0. The van der Waals surface area contributed by atoms with Crippen molar-refractivity contribution < 1.29 is 14.4 Å². The van der Waals surface area contributed by atoms with Crippen molar-refractivity contribution in [2.75, 3.05) is 10.2 Å². The highest BCUT2D eigenvalue weighted by atomic mass is 35.5. The van der Waals surface area contributed by atoms with E-state index in [1.807, 2.05) is 0 Å². The molecule has 1 aliphatic rings. The van der Waals surface area contributed by atoms with E-state index in [9.17, 15) is 14.4 Å². The van der Waals surface area contributed by atoms with Crippen molar-refractivity contribution in [3.05, 3.63) is 92.4 Å². The Balaban J connectivity index is 1.60. The van der Waals surface area contributed by atoms with Gasteiger partial charge in [0.1, 0.15) is 6.04 Å². The molecule has 3 aromatic rings. The number of hydrazine groups is 1. The lowest BCUT2D eigenvalue weighted by atomic mass is 10.1. The van der Waals surface area contributed by atoms with E-state index >= 15 is 0 Å². The Bertz CT molecular complexity index is 1330. The Morgan fingerprint density at radius 1 is 0.833 bits per heavy atom. The average Bonchev–Trinajstić information content (AvgIpc) is 3.03. The minimum atomic E-state index is -1.13. The number of thiocarbonyl (C=S) groups is 1. The average molecular weight is 582 g/mol. The van der Waals surface area contributed by atoms with Crippen LogP contribution in [0.5, 0.6) is 0 Å². The molecule has 2 N–H and O–H groups in total. The zero-order valence-electron chi connectivity index (χ0n) is 18.2. The third-order valence-electron chi connectivity index (χ3n) is 5.15. The number of rotatable bonds is 6. The van der Waals surface area contributed by atoms with Gasteiger partial charge in [-0.25, -0.2) is 5.01 Å². The number of nitrogens with zero attached hydrogens (tertiary/aromatic N) is 2. The molecule has 0 saturated carbocycles. The summed E-state index contributed by atoms with van der Waals surface area (Å²) in [7, 11) is 0. The maximum Gasteiger partial charge on any atom is 0.269 e. The molecule has 3 amide bonds. The molecule has 1 fully saturated rings. The van der Waals surface area contributed by atoms with Crippen LogP contribution in [0.25, 0.3) is 0 Å². The van der Waals surface area contributed by atoms with E-state index in [0.29, 0.717) is 31.5 Å². The standard InChI is InChI=1S/C24H16Cl4N4O3S/c25-14-3-1-13(2-4-14)22(34)30-32-20(12-21(33)29-18-10-16(27)9-17(28)11-18)23(35)31(24(32)36)19-7-5-15(26)6-8-19/h1-11,20H,12H2,(H,29,33)(H,30,34). The number of hydrogen-bond donors (Lipinski definition) is 2. The minimum absolute atomic E-state index is 0.00626.